The van der Waals surface area contributed by atoms with Crippen molar-refractivity contribution in [3.8, 4) is 0 Å². The lowest BCUT2D eigenvalue weighted by atomic mass is 10.5. The van der Waals surface area contributed by atoms with Crippen molar-refractivity contribution in [2.45, 2.75) is 18.8 Å². The summed E-state index contributed by atoms with van der Waals surface area (Å²) in [5.41, 5.74) is -1.12. The molecule has 0 radical (unpaired) electrons. The average Bonchev–Trinajstić information content (AvgIpc) is 1.62. The largest absolute Gasteiger partial charge is 0.395 e. The van der Waals surface area contributed by atoms with Crippen LogP contribution in [0.25, 0.3) is 0 Å². The molecule has 0 heterocycles. The van der Waals surface area contributed by atoms with Crippen molar-refractivity contribution < 1.29 is 13.2 Å². The predicted octanol–water partition coefficient (Wildman–Crippen LogP) is 2.25. The Morgan fingerprint density at radius 2 is 1.75 bits per heavy atom. The highest BCUT2D eigenvalue weighted by molar-refractivity contribution is 7.37. The third-order valence-corrected chi connectivity index (χ3v) is 2.12. The first-order chi connectivity index (χ1) is 3.48. The van der Waals surface area contributed by atoms with Crippen LogP contribution >= 0.6 is 8.58 Å². The molecule has 50 valence electrons. The van der Waals surface area contributed by atoms with Gasteiger partial charge in [0.25, 0.3) is 0 Å². The second-order valence-electron chi connectivity index (χ2n) is 1.55. The first kappa shape index (κ1) is 8.22. The Labute approximate surface area is 48.2 Å². The zero-order chi connectivity index (χ0) is 6.78. The summed E-state index contributed by atoms with van der Waals surface area (Å²) < 4.78 is 34.4. The van der Waals surface area contributed by atoms with Crippen molar-refractivity contribution in [2.24, 2.45) is 0 Å². The van der Waals surface area contributed by atoms with Crippen molar-refractivity contribution >= 4 is 8.58 Å². The minimum atomic E-state index is -3.98. The van der Waals surface area contributed by atoms with Gasteiger partial charge in [-0.25, -0.2) is 0 Å². The molecule has 0 fully saturated rings. The van der Waals surface area contributed by atoms with Crippen molar-refractivity contribution in [3.63, 3.8) is 0 Å². The summed E-state index contributed by atoms with van der Waals surface area (Å²) in [4.78, 5) is 0. The summed E-state index contributed by atoms with van der Waals surface area (Å²) >= 11 is 0. The number of hydrogen-bond acceptors (Lipinski definition) is 0. The summed E-state index contributed by atoms with van der Waals surface area (Å²) in [5.74, 6) is 0. The molecule has 0 rings (SSSR count). The lowest BCUT2D eigenvalue weighted by Gasteiger charge is -2.11. The van der Waals surface area contributed by atoms with E-state index in [1.165, 1.54) is 6.92 Å². The Balaban J connectivity index is 3.62. The molecule has 4 heteroatoms. The van der Waals surface area contributed by atoms with Crippen LogP contribution in [-0.4, -0.2) is 18.5 Å². The average molecular weight is 144 g/mol. The zero-order valence-corrected chi connectivity index (χ0v) is 5.71. The van der Waals surface area contributed by atoms with Gasteiger partial charge >= 0.3 is 6.18 Å². The molecule has 0 saturated carbocycles. The Kier molecular flexibility index (Phi) is 2.75. The third kappa shape index (κ3) is 2.51. The molecule has 0 spiro atoms. The van der Waals surface area contributed by atoms with E-state index in [0.717, 1.165) is 0 Å². The molecular formula is C4H8F3P. The van der Waals surface area contributed by atoms with Crippen molar-refractivity contribution in [1.82, 2.24) is 0 Å². The summed E-state index contributed by atoms with van der Waals surface area (Å²) in [6.07, 6.45) is -3.98. The van der Waals surface area contributed by atoms with Crippen molar-refractivity contribution in [3.05, 3.63) is 0 Å². The van der Waals surface area contributed by atoms with Gasteiger partial charge in [0.05, 0.1) is 5.66 Å². The fraction of sp³-hybridized carbons (Fsp3) is 1.00. The monoisotopic (exact) mass is 144 g/mol. The summed E-state index contributed by atoms with van der Waals surface area (Å²) in [6, 6.07) is 0. The Bertz CT molecular complexity index is 68.2. The maximum absolute atomic E-state index is 11.5. The molecule has 0 N–H and O–H groups in total. The van der Waals surface area contributed by atoms with Gasteiger partial charge in [-0.3, -0.25) is 0 Å². The van der Waals surface area contributed by atoms with E-state index in [2.05, 4.69) is 0 Å². The molecule has 2 atom stereocenters. The van der Waals surface area contributed by atoms with Crippen LogP contribution in [0.15, 0.2) is 0 Å². The molecule has 0 aliphatic carbocycles. The van der Waals surface area contributed by atoms with E-state index in [1.54, 1.807) is 6.66 Å². The van der Waals surface area contributed by atoms with E-state index in [9.17, 15) is 13.2 Å². The first-order valence-electron chi connectivity index (χ1n) is 2.22. The quantitative estimate of drug-likeness (QED) is 0.495. The topological polar surface area (TPSA) is 0 Å². The fourth-order valence-electron chi connectivity index (χ4n) is 0.164. The molecule has 0 aromatic carbocycles. The van der Waals surface area contributed by atoms with E-state index in [0.29, 0.717) is 0 Å². The standard InChI is InChI=1S/C4H8F3P/c1-3(8-2)4(5,6)7/h3,8H,1-2H3. The second-order valence-corrected chi connectivity index (χ2v) is 3.00. The highest BCUT2D eigenvalue weighted by Gasteiger charge is 2.34. The SMILES string of the molecule is CPC(C)C(F)(F)F. The molecule has 0 aliphatic heterocycles. The van der Waals surface area contributed by atoms with Gasteiger partial charge in [-0.1, -0.05) is 6.92 Å². The van der Waals surface area contributed by atoms with Gasteiger partial charge in [0.2, 0.25) is 0 Å². The molecule has 0 bridgehead atoms. The smallest absolute Gasteiger partial charge is 0.170 e. The van der Waals surface area contributed by atoms with Gasteiger partial charge in [0, 0.05) is 0 Å². The van der Waals surface area contributed by atoms with Crippen LogP contribution in [0.1, 0.15) is 6.92 Å². The number of halogens is 3. The maximum atomic E-state index is 11.5. The van der Waals surface area contributed by atoms with Crippen LogP contribution in [0.3, 0.4) is 0 Å². The molecule has 8 heavy (non-hydrogen) atoms. The zero-order valence-electron chi connectivity index (χ0n) is 4.71. The van der Waals surface area contributed by atoms with Crippen molar-refractivity contribution in [1.29, 1.82) is 0 Å². The summed E-state index contributed by atoms with van der Waals surface area (Å²) in [7, 11) is -0.0421. The van der Waals surface area contributed by atoms with Gasteiger partial charge in [-0.05, 0) is 6.66 Å². The second kappa shape index (κ2) is 2.67. The highest BCUT2D eigenvalue weighted by Crippen LogP contribution is 2.31. The summed E-state index contributed by atoms with van der Waals surface area (Å²) in [5, 5.41) is 0. The van der Waals surface area contributed by atoms with Gasteiger partial charge < -0.3 is 0 Å². The normalized spacial score (nSPS) is 17.6. The lowest BCUT2D eigenvalue weighted by molar-refractivity contribution is -0.125. The van der Waals surface area contributed by atoms with E-state index in [4.69, 9.17) is 0 Å². The molecule has 0 aromatic rings. The third-order valence-electron chi connectivity index (χ3n) is 0.924. The first-order valence-corrected chi connectivity index (χ1v) is 3.80. The molecular weight excluding hydrogens is 136 g/mol. The Morgan fingerprint density at radius 1 is 1.38 bits per heavy atom. The van der Waals surface area contributed by atoms with E-state index >= 15 is 0 Å². The minimum Gasteiger partial charge on any atom is -0.170 e. The van der Waals surface area contributed by atoms with Gasteiger partial charge in [0.1, 0.15) is 0 Å². The Hall–Kier alpha value is 0.220. The van der Waals surface area contributed by atoms with Crippen LogP contribution in [0.2, 0.25) is 0 Å². The molecule has 2 unspecified atom stereocenters. The van der Waals surface area contributed by atoms with Gasteiger partial charge in [-0.2, -0.15) is 13.2 Å². The van der Waals surface area contributed by atoms with Crippen LogP contribution in [0.4, 0.5) is 13.2 Å². The lowest BCUT2D eigenvalue weighted by Crippen LogP contribution is -2.20. The highest BCUT2D eigenvalue weighted by atomic mass is 31.1. The summed E-state index contributed by atoms with van der Waals surface area (Å²) in [6.45, 7) is 2.75. The molecule has 0 amide bonds. The molecule has 0 aromatic heterocycles. The number of rotatable bonds is 1. The van der Waals surface area contributed by atoms with Gasteiger partial charge in [-0.15, -0.1) is 8.58 Å². The number of alkyl halides is 3. The molecule has 0 aliphatic rings. The predicted molar refractivity (Wildman–Crippen MR) is 29.8 cm³/mol. The Morgan fingerprint density at radius 3 is 1.75 bits per heavy atom. The number of hydrogen-bond donors (Lipinski definition) is 0. The van der Waals surface area contributed by atoms with Crippen LogP contribution in [0, 0.1) is 0 Å². The van der Waals surface area contributed by atoms with Gasteiger partial charge in [0.15, 0.2) is 0 Å². The van der Waals surface area contributed by atoms with Crippen LogP contribution < -0.4 is 0 Å². The van der Waals surface area contributed by atoms with Crippen LogP contribution in [-0.2, 0) is 0 Å². The fourth-order valence-corrected chi connectivity index (χ4v) is 0.491. The van der Waals surface area contributed by atoms with E-state index in [-0.39, 0.29) is 8.58 Å². The molecule has 0 saturated heterocycles. The maximum Gasteiger partial charge on any atom is 0.395 e. The van der Waals surface area contributed by atoms with E-state index in [1.807, 2.05) is 0 Å². The van der Waals surface area contributed by atoms with Crippen LogP contribution in [0.5, 0.6) is 0 Å². The minimum absolute atomic E-state index is 0.0421. The van der Waals surface area contributed by atoms with Crippen molar-refractivity contribution in [2.75, 3.05) is 6.66 Å². The van der Waals surface area contributed by atoms with E-state index < -0.39 is 11.8 Å². The molecule has 0 nitrogen and oxygen atoms in total.